The molecule has 192 valence electrons. The number of nitrogens with one attached hydrogen (secondary N) is 1. The van der Waals surface area contributed by atoms with Gasteiger partial charge in [-0.1, -0.05) is 30.3 Å². The van der Waals surface area contributed by atoms with E-state index in [1.807, 2.05) is 71.0 Å². The van der Waals surface area contributed by atoms with Gasteiger partial charge in [0.05, 0.1) is 16.9 Å². The minimum atomic E-state index is -1.21. The summed E-state index contributed by atoms with van der Waals surface area (Å²) >= 11 is 0. The van der Waals surface area contributed by atoms with E-state index in [1.54, 1.807) is 7.11 Å². The number of methoxy groups -OCH3 is 1. The Morgan fingerprint density at radius 1 is 1.05 bits per heavy atom. The highest BCUT2D eigenvalue weighted by Gasteiger charge is 2.51. The van der Waals surface area contributed by atoms with Crippen molar-refractivity contribution in [2.75, 3.05) is 32.4 Å². The van der Waals surface area contributed by atoms with Crippen molar-refractivity contribution in [3.05, 3.63) is 72.3 Å². The van der Waals surface area contributed by atoms with E-state index in [1.165, 1.54) is 0 Å². The van der Waals surface area contributed by atoms with Crippen molar-refractivity contribution < 1.29 is 23.2 Å². The first-order chi connectivity index (χ1) is 18.1. The number of hydrogen-bond donors (Lipinski definition) is 1. The van der Waals surface area contributed by atoms with Crippen LogP contribution in [0, 0.1) is 0 Å². The molecule has 2 aliphatic heterocycles. The minimum Gasteiger partial charge on any atom is -0.454 e. The van der Waals surface area contributed by atoms with Gasteiger partial charge in [-0.2, -0.15) is 0 Å². The van der Waals surface area contributed by atoms with E-state index in [4.69, 9.17) is 14.2 Å². The second-order valence-electron chi connectivity index (χ2n) is 9.85. The molecule has 37 heavy (non-hydrogen) atoms. The summed E-state index contributed by atoms with van der Waals surface area (Å²) in [5.41, 5.74) is 3.17. The van der Waals surface area contributed by atoms with Crippen LogP contribution >= 0.6 is 0 Å². The number of nitrogens with zero attached hydrogens (tertiary/aromatic N) is 1. The fraction of sp³-hybridized carbons (Fsp3) is 0.345. The van der Waals surface area contributed by atoms with Gasteiger partial charge < -0.3 is 19.5 Å². The summed E-state index contributed by atoms with van der Waals surface area (Å²) in [5, 5.41) is 3.13. The molecule has 1 unspecified atom stereocenters. The SMILES string of the molecule is COC[C@H]1CCCN1S(=O)c1ccc(-c2cccc(NC(=O)C3(c4ccc5c(c4)OCO5)CC3)c2)cc1. The standard InChI is InChI=1S/C29H30N2O5S/c1-34-18-24-6-3-15-31(24)37(33)25-10-7-20(8-11-25)21-4-2-5-23(16-21)30-28(32)29(13-14-29)22-9-12-26-27(17-22)36-19-35-26/h2,4-5,7-12,16-17,24H,3,6,13-15,18-19H2,1H3,(H,30,32)/t24-,37?/m1/s1. The van der Waals surface area contributed by atoms with Crippen LogP contribution in [-0.4, -0.2) is 47.5 Å². The Balaban J connectivity index is 1.16. The Hall–Kier alpha value is -3.20. The lowest BCUT2D eigenvalue weighted by molar-refractivity contribution is -0.118. The van der Waals surface area contributed by atoms with Crippen molar-refractivity contribution >= 4 is 22.6 Å². The van der Waals surface area contributed by atoms with E-state index >= 15 is 0 Å². The van der Waals surface area contributed by atoms with Crippen molar-refractivity contribution in [3.63, 3.8) is 0 Å². The molecule has 2 atom stereocenters. The number of benzene rings is 3. The zero-order chi connectivity index (χ0) is 25.4. The molecule has 2 fully saturated rings. The van der Waals surface area contributed by atoms with Gasteiger partial charge in [0.15, 0.2) is 11.5 Å². The summed E-state index contributed by atoms with van der Waals surface area (Å²) in [7, 11) is 0.478. The van der Waals surface area contributed by atoms with Crippen molar-refractivity contribution in [1.29, 1.82) is 0 Å². The molecule has 1 amide bonds. The van der Waals surface area contributed by atoms with E-state index in [-0.39, 0.29) is 18.7 Å². The number of amides is 1. The third-order valence-electron chi connectivity index (χ3n) is 7.51. The molecule has 1 saturated carbocycles. The highest BCUT2D eigenvalue weighted by molar-refractivity contribution is 7.82. The topological polar surface area (TPSA) is 77.1 Å². The van der Waals surface area contributed by atoms with Gasteiger partial charge in [0, 0.05) is 25.4 Å². The maximum atomic E-state index is 13.3. The van der Waals surface area contributed by atoms with Gasteiger partial charge in [0.2, 0.25) is 12.7 Å². The number of fused-ring (bicyclic) bond motifs is 1. The molecule has 3 aliphatic rings. The normalized spacial score (nSPS) is 20.5. The molecule has 2 heterocycles. The lowest BCUT2D eigenvalue weighted by Crippen LogP contribution is -2.34. The van der Waals surface area contributed by atoms with Crippen LogP contribution in [0.5, 0.6) is 11.5 Å². The summed E-state index contributed by atoms with van der Waals surface area (Å²) in [5.74, 6) is 1.41. The van der Waals surface area contributed by atoms with Crippen LogP contribution in [0.15, 0.2) is 71.6 Å². The monoisotopic (exact) mass is 518 g/mol. The van der Waals surface area contributed by atoms with E-state index < -0.39 is 16.4 Å². The number of ether oxygens (including phenoxy) is 3. The van der Waals surface area contributed by atoms with E-state index in [2.05, 4.69) is 5.32 Å². The van der Waals surface area contributed by atoms with Gasteiger partial charge in [-0.15, -0.1) is 0 Å². The summed E-state index contributed by atoms with van der Waals surface area (Å²) in [6.07, 6.45) is 3.65. The molecular formula is C29H30N2O5S. The molecule has 1 N–H and O–H groups in total. The highest BCUT2D eigenvalue weighted by Crippen LogP contribution is 2.51. The Kier molecular flexibility index (Phi) is 6.48. The van der Waals surface area contributed by atoms with Crippen molar-refractivity contribution in [3.8, 4) is 22.6 Å². The van der Waals surface area contributed by atoms with E-state index in [0.717, 1.165) is 65.3 Å². The first-order valence-corrected chi connectivity index (χ1v) is 13.8. The van der Waals surface area contributed by atoms with Gasteiger partial charge in [-0.3, -0.25) is 4.79 Å². The Bertz CT molecular complexity index is 1340. The molecule has 3 aromatic carbocycles. The molecule has 0 aromatic heterocycles. The third kappa shape index (κ3) is 4.65. The van der Waals surface area contributed by atoms with Crippen LogP contribution < -0.4 is 14.8 Å². The minimum absolute atomic E-state index is 0.00881. The zero-order valence-corrected chi connectivity index (χ0v) is 21.6. The van der Waals surface area contributed by atoms with Gasteiger partial charge in [-0.05, 0) is 78.8 Å². The Labute approximate surface area is 219 Å². The quantitative estimate of drug-likeness (QED) is 0.460. The van der Waals surface area contributed by atoms with E-state index in [9.17, 15) is 9.00 Å². The molecule has 7 nitrogen and oxygen atoms in total. The molecular weight excluding hydrogens is 488 g/mol. The van der Waals surface area contributed by atoms with Crippen molar-refractivity contribution in [2.45, 2.75) is 42.0 Å². The highest BCUT2D eigenvalue weighted by atomic mass is 32.2. The average Bonchev–Trinajstić information content (AvgIpc) is 3.38. The van der Waals surface area contributed by atoms with Crippen molar-refractivity contribution in [1.82, 2.24) is 4.31 Å². The van der Waals surface area contributed by atoms with E-state index in [0.29, 0.717) is 12.4 Å². The summed E-state index contributed by atoms with van der Waals surface area (Å²) < 4.78 is 31.4. The molecule has 0 radical (unpaired) electrons. The maximum Gasteiger partial charge on any atom is 0.235 e. The second kappa shape index (κ2) is 9.93. The number of anilines is 1. The largest absolute Gasteiger partial charge is 0.454 e. The van der Waals surface area contributed by atoms with Gasteiger partial charge in [0.25, 0.3) is 0 Å². The van der Waals surface area contributed by atoms with Gasteiger partial charge in [0.1, 0.15) is 11.0 Å². The lowest BCUT2D eigenvalue weighted by Gasteiger charge is -2.22. The number of rotatable bonds is 8. The van der Waals surface area contributed by atoms with Crippen LogP contribution in [0.1, 0.15) is 31.2 Å². The molecule has 8 heteroatoms. The maximum absolute atomic E-state index is 13.3. The van der Waals surface area contributed by atoms with Gasteiger partial charge in [-0.25, -0.2) is 8.51 Å². The van der Waals surface area contributed by atoms with Crippen molar-refractivity contribution in [2.24, 2.45) is 0 Å². The molecule has 0 spiro atoms. The smallest absolute Gasteiger partial charge is 0.235 e. The van der Waals surface area contributed by atoms with Crippen LogP contribution in [0.2, 0.25) is 0 Å². The summed E-state index contributed by atoms with van der Waals surface area (Å²) in [6, 6.07) is 21.6. The van der Waals surface area contributed by atoms with Crippen LogP contribution in [-0.2, 0) is 25.9 Å². The molecule has 1 saturated heterocycles. The predicted molar refractivity (Wildman–Crippen MR) is 142 cm³/mol. The molecule has 6 rings (SSSR count). The van der Waals surface area contributed by atoms with Crippen LogP contribution in [0.25, 0.3) is 11.1 Å². The Morgan fingerprint density at radius 3 is 2.65 bits per heavy atom. The molecule has 0 bridgehead atoms. The second-order valence-corrected chi connectivity index (χ2v) is 11.3. The Morgan fingerprint density at radius 2 is 1.86 bits per heavy atom. The summed E-state index contributed by atoms with van der Waals surface area (Å²) in [4.78, 5) is 14.1. The van der Waals surface area contributed by atoms with Crippen LogP contribution in [0.4, 0.5) is 5.69 Å². The number of carbonyl (C=O) groups excluding carboxylic acids is 1. The zero-order valence-electron chi connectivity index (χ0n) is 20.8. The third-order valence-corrected chi connectivity index (χ3v) is 9.10. The lowest BCUT2D eigenvalue weighted by atomic mass is 9.94. The first kappa shape index (κ1) is 24.2. The first-order valence-electron chi connectivity index (χ1n) is 12.7. The van der Waals surface area contributed by atoms with Crippen LogP contribution in [0.3, 0.4) is 0 Å². The molecule has 1 aliphatic carbocycles. The fourth-order valence-corrected chi connectivity index (χ4v) is 6.65. The molecule has 3 aromatic rings. The fourth-order valence-electron chi connectivity index (χ4n) is 5.28. The van der Waals surface area contributed by atoms with Gasteiger partial charge >= 0.3 is 0 Å². The number of carbonyl (C=O) groups is 1. The predicted octanol–water partition coefficient (Wildman–Crippen LogP) is 4.89. The average molecular weight is 519 g/mol. The summed E-state index contributed by atoms with van der Waals surface area (Å²) in [6.45, 7) is 1.63. The number of hydrogen-bond acceptors (Lipinski definition) is 5.